The molecule has 2 aromatic rings. The number of hydrogen-bond donors (Lipinski definition) is 1. The van der Waals surface area contributed by atoms with Gasteiger partial charge in [0.15, 0.2) is 5.78 Å². The number of halogens is 1. The Bertz CT molecular complexity index is 763. The summed E-state index contributed by atoms with van der Waals surface area (Å²) in [6.45, 7) is 0. The van der Waals surface area contributed by atoms with Crippen LogP contribution in [0.5, 0.6) is 0 Å². The van der Waals surface area contributed by atoms with E-state index in [1.165, 1.54) is 0 Å². The third kappa shape index (κ3) is 2.15. The molecule has 0 spiro atoms. The fourth-order valence-corrected chi connectivity index (χ4v) is 3.60. The van der Waals surface area contributed by atoms with Crippen LogP contribution >= 0.6 is 11.6 Å². The molecule has 1 aliphatic carbocycles. The molecule has 110 valence electrons. The standard InChI is InChI=1S/C19H16ClNO/c20-13-10-8-12(9-11-13)18-16-6-3-5-15(19(16)22)14-4-1-2-7-17(14)21-18/h1-2,4,6-11,15,18,21H,3,5H2. The number of hydrogen-bond acceptors (Lipinski definition) is 2. The summed E-state index contributed by atoms with van der Waals surface area (Å²) in [5.74, 6) is 0.240. The largest absolute Gasteiger partial charge is 0.374 e. The first kappa shape index (κ1) is 13.6. The first-order valence-corrected chi connectivity index (χ1v) is 7.97. The van der Waals surface area contributed by atoms with Crippen molar-refractivity contribution in [1.29, 1.82) is 0 Å². The lowest BCUT2D eigenvalue weighted by Crippen LogP contribution is -2.22. The van der Waals surface area contributed by atoms with Crippen LogP contribution in [0.3, 0.4) is 0 Å². The highest BCUT2D eigenvalue weighted by Gasteiger charge is 2.36. The molecule has 1 heterocycles. The molecule has 0 amide bonds. The number of carbonyl (C=O) groups is 1. The first-order chi connectivity index (χ1) is 10.7. The lowest BCUT2D eigenvalue weighted by molar-refractivity contribution is -0.117. The SMILES string of the molecule is O=C1C2=CCCC1c1ccccc1NC2c1ccc(Cl)cc1. The van der Waals surface area contributed by atoms with Crippen LogP contribution < -0.4 is 5.32 Å². The van der Waals surface area contributed by atoms with Gasteiger partial charge in [-0.2, -0.15) is 0 Å². The van der Waals surface area contributed by atoms with E-state index in [-0.39, 0.29) is 17.7 Å². The van der Waals surface area contributed by atoms with Crippen molar-refractivity contribution in [1.82, 2.24) is 0 Å². The molecule has 2 aromatic carbocycles. The summed E-state index contributed by atoms with van der Waals surface area (Å²) in [6.07, 6.45) is 3.94. The van der Waals surface area contributed by atoms with E-state index < -0.39 is 0 Å². The number of carbonyl (C=O) groups excluding carboxylic acids is 1. The summed E-state index contributed by atoms with van der Waals surface area (Å²) >= 11 is 6.00. The molecule has 2 bridgehead atoms. The Morgan fingerprint density at radius 3 is 2.64 bits per heavy atom. The van der Waals surface area contributed by atoms with Gasteiger partial charge in [0.2, 0.25) is 0 Å². The molecule has 2 nitrogen and oxygen atoms in total. The Labute approximate surface area is 134 Å². The molecule has 0 fully saturated rings. The van der Waals surface area contributed by atoms with Gasteiger partial charge in [0.1, 0.15) is 0 Å². The quantitative estimate of drug-likeness (QED) is 0.813. The Hall–Kier alpha value is -2.06. The van der Waals surface area contributed by atoms with E-state index in [1.807, 2.05) is 36.4 Å². The molecule has 2 unspecified atom stereocenters. The fraction of sp³-hybridized carbons (Fsp3) is 0.211. The molecule has 0 radical (unpaired) electrons. The maximum atomic E-state index is 12.9. The van der Waals surface area contributed by atoms with Gasteiger partial charge in [0, 0.05) is 22.2 Å². The van der Waals surface area contributed by atoms with Crippen molar-refractivity contribution in [2.24, 2.45) is 0 Å². The molecule has 1 N–H and O–H groups in total. The number of fused-ring (bicyclic) bond motifs is 4. The molecule has 0 aromatic heterocycles. The second kappa shape index (κ2) is 5.29. The Balaban J connectivity index is 1.87. The summed E-state index contributed by atoms with van der Waals surface area (Å²) in [5, 5.41) is 4.27. The smallest absolute Gasteiger partial charge is 0.168 e. The predicted octanol–water partition coefficient (Wildman–Crippen LogP) is 4.88. The summed E-state index contributed by atoms with van der Waals surface area (Å²) in [4.78, 5) is 12.9. The van der Waals surface area contributed by atoms with E-state index in [0.717, 1.165) is 35.2 Å². The zero-order chi connectivity index (χ0) is 15.1. The zero-order valence-corrected chi connectivity index (χ0v) is 12.8. The lowest BCUT2D eigenvalue weighted by atomic mass is 9.80. The molecular formula is C19H16ClNO. The molecule has 3 heteroatoms. The van der Waals surface area contributed by atoms with Gasteiger partial charge < -0.3 is 5.32 Å². The second-order valence-electron chi connectivity index (χ2n) is 5.87. The number of anilines is 1. The van der Waals surface area contributed by atoms with Crippen LogP contribution in [0.1, 0.15) is 35.9 Å². The van der Waals surface area contributed by atoms with Crippen LogP contribution in [-0.4, -0.2) is 5.78 Å². The van der Waals surface area contributed by atoms with Crippen LogP contribution in [0, 0.1) is 0 Å². The summed E-state index contributed by atoms with van der Waals surface area (Å²) in [5.41, 5.74) is 4.14. The average Bonchev–Trinajstić information content (AvgIpc) is 2.60. The van der Waals surface area contributed by atoms with Crippen molar-refractivity contribution >= 4 is 23.1 Å². The first-order valence-electron chi connectivity index (χ1n) is 7.59. The average molecular weight is 310 g/mol. The highest BCUT2D eigenvalue weighted by atomic mass is 35.5. The number of Topliss-reactive ketones (excluding diaryl/α,β-unsaturated/α-hetero) is 1. The van der Waals surface area contributed by atoms with Gasteiger partial charge in [-0.1, -0.05) is 48.0 Å². The van der Waals surface area contributed by atoms with E-state index in [9.17, 15) is 4.79 Å². The van der Waals surface area contributed by atoms with Crippen molar-refractivity contribution in [2.75, 3.05) is 5.32 Å². The molecule has 2 aliphatic rings. The normalized spacial score (nSPS) is 23.1. The van der Waals surface area contributed by atoms with Gasteiger partial charge in [-0.25, -0.2) is 0 Å². The van der Waals surface area contributed by atoms with E-state index >= 15 is 0 Å². The Morgan fingerprint density at radius 1 is 1.05 bits per heavy atom. The molecule has 0 saturated carbocycles. The second-order valence-corrected chi connectivity index (χ2v) is 6.31. The van der Waals surface area contributed by atoms with Gasteiger partial charge in [0.05, 0.1) is 6.04 Å². The van der Waals surface area contributed by atoms with Crippen LogP contribution in [-0.2, 0) is 4.79 Å². The van der Waals surface area contributed by atoms with Crippen LogP contribution in [0.15, 0.2) is 60.2 Å². The Morgan fingerprint density at radius 2 is 1.82 bits per heavy atom. The number of para-hydroxylation sites is 1. The van der Waals surface area contributed by atoms with E-state index in [4.69, 9.17) is 11.6 Å². The van der Waals surface area contributed by atoms with Crippen molar-refractivity contribution in [3.63, 3.8) is 0 Å². The minimum Gasteiger partial charge on any atom is -0.374 e. The highest BCUT2D eigenvalue weighted by molar-refractivity contribution is 6.30. The monoisotopic (exact) mass is 309 g/mol. The minimum atomic E-state index is -0.101. The van der Waals surface area contributed by atoms with Gasteiger partial charge in [0.25, 0.3) is 0 Å². The van der Waals surface area contributed by atoms with Crippen molar-refractivity contribution in [3.05, 3.63) is 76.3 Å². The minimum absolute atomic E-state index is 0.0130. The van der Waals surface area contributed by atoms with Gasteiger partial charge in [-0.3, -0.25) is 4.79 Å². The number of benzene rings is 2. The van der Waals surface area contributed by atoms with Crippen LogP contribution in [0.4, 0.5) is 5.69 Å². The van der Waals surface area contributed by atoms with Crippen molar-refractivity contribution in [2.45, 2.75) is 24.8 Å². The summed E-state index contributed by atoms with van der Waals surface area (Å²) in [7, 11) is 0. The molecule has 22 heavy (non-hydrogen) atoms. The molecular weight excluding hydrogens is 294 g/mol. The zero-order valence-electron chi connectivity index (χ0n) is 12.1. The summed E-state index contributed by atoms with van der Waals surface area (Å²) < 4.78 is 0. The molecule has 0 saturated heterocycles. The van der Waals surface area contributed by atoms with Crippen LogP contribution in [0.2, 0.25) is 5.02 Å². The maximum absolute atomic E-state index is 12.9. The summed E-state index contributed by atoms with van der Waals surface area (Å²) in [6, 6.07) is 15.8. The Kier molecular flexibility index (Phi) is 3.27. The van der Waals surface area contributed by atoms with Gasteiger partial charge in [-0.15, -0.1) is 0 Å². The lowest BCUT2D eigenvalue weighted by Gasteiger charge is -2.23. The molecule has 2 atom stereocenters. The third-order valence-electron chi connectivity index (χ3n) is 4.57. The third-order valence-corrected chi connectivity index (χ3v) is 4.82. The molecule has 4 rings (SSSR count). The van der Waals surface area contributed by atoms with Crippen molar-refractivity contribution in [3.8, 4) is 0 Å². The van der Waals surface area contributed by atoms with Gasteiger partial charge in [-0.05, 0) is 42.2 Å². The van der Waals surface area contributed by atoms with E-state index in [2.05, 4.69) is 23.5 Å². The number of nitrogens with one attached hydrogen (secondary N) is 1. The predicted molar refractivity (Wildman–Crippen MR) is 89.3 cm³/mol. The van der Waals surface area contributed by atoms with Crippen LogP contribution in [0.25, 0.3) is 0 Å². The maximum Gasteiger partial charge on any atom is 0.168 e. The number of allylic oxidation sites excluding steroid dienone is 1. The highest BCUT2D eigenvalue weighted by Crippen LogP contribution is 2.43. The van der Waals surface area contributed by atoms with Crippen molar-refractivity contribution < 1.29 is 4.79 Å². The molecule has 1 aliphatic heterocycles. The topological polar surface area (TPSA) is 29.1 Å². The van der Waals surface area contributed by atoms with E-state index in [0.29, 0.717) is 5.02 Å². The fourth-order valence-electron chi connectivity index (χ4n) is 3.48. The number of rotatable bonds is 1. The van der Waals surface area contributed by atoms with Gasteiger partial charge >= 0.3 is 0 Å². The number of ketones is 1. The van der Waals surface area contributed by atoms with E-state index in [1.54, 1.807) is 0 Å².